The molecule has 7 rings (SSSR count). The first-order valence-electron chi connectivity index (χ1n) is 16.9. The Morgan fingerprint density at radius 2 is 1.81 bits per heavy atom. The van der Waals surface area contributed by atoms with Gasteiger partial charge in [-0.2, -0.15) is 10.2 Å². The number of thioether (sulfide) groups is 2. The molecule has 4 aromatic rings. The quantitative estimate of drug-likeness (QED) is 0.213. The van der Waals surface area contributed by atoms with Crippen LogP contribution >= 0.6 is 35.1 Å². The molecule has 11 heteroatoms. The summed E-state index contributed by atoms with van der Waals surface area (Å²) in [5.41, 5.74) is 8.92. The van der Waals surface area contributed by atoms with E-state index in [0.717, 1.165) is 95.1 Å². The topological polar surface area (TPSA) is 84.9 Å². The van der Waals surface area contributed by atoms with E-state index in [0.29, 0.717) is 30.2 Å². The van der Waals surface area contributed by atoms with Crippen molar-refractivity contribution in [2.45, 2.75) is 74.2 Å². The third kappa shape index (κ3) is 6.89. The summed E-state index contributed by atoms with van der Waals surface area (Å²) in [7, 11) is 3.87. The second kappa shape index (κ2) is 14.6. The molecule has 0 unspecified atom stereocenters. The number of aromatic carboxylic acids is 1. The number of hydrogen-bond donors (Lipinski definition) is 1. The number of hydrazone groups is 1. The first kappa shape index (κ1) is 33.2. The zero-order chi connectivity index (χ0) is 33.2. The number of hydrogen-bond acceptors (Lipinski definition) is 7. The number of allylic oxidation sites excluding steroid dienone is 1. The van der Waals surface area contributed by atoms with Crippen molar-refractivity contribution in [2.75, 3.05) is 18.9 Å². The fourth-order valence-corrected chi connectivity index (χ4v) is 9.15. The molecular formula is C37H42ClN5O3S2. The molecule has 2 aromatic carbocycles. The highest BCUT2D eigenvalue weighted by Crippen LogP contribution is 2.38. The molecule has 252 valence electrons. The van der Waals surface area contributed by atoms with Gasteiger partial charge in [0, 0.05) is 76.4 Å². The van der Waals surface area contributed by atoms with E-state index in [2.05, 4.69) is 29.3 Å². The smallest absolute Gasteiger partial charge is 0.352 e. The van der Waals surface area contributed by atoms with E-state index in [-0.39, 0.29) is 0 Å². The third-order valence-electron chi connectivity index (χ3n) is 9.65. The van der Waals surface area contributed by atoms with Crippen LogP contribution in [-0.2, 0) is 44.9 Å². The fourth-order valence-electron chi connectivity index (χ4n) is 7.30. The van der Waals surface area contributed by atoms with Gasteiger partial charge in [0.25, 0.3) is 0 Å². The van der Waals surface area contributed by atoms with Gasteiger partial charge in [0.05, 0.1) is 17.8 Å². The van der Waals surface area contributed by atoms with Crippen LogP contribution in [0.5, 0.6) is 5.75 Å². The predicted molar refractivity (Wildman–Crippen MR) is 198 cm³/mol. The lowest BCUT2D eigenvalue weighted by atomic mass is 9.91. The van der Waals surface area contributed by atoms with Crippen LogP contribution in [0, 0.1) is 0 Å². The molecule has 1 aliphatic carbocycles. The highest BCUT2D eigenvalue weighted by atomic mass is 35.5. The van der Waals surface area contributed by atoms with Gasteiger partial charge in [-0.15, -0.1) is 23.5 Å². The standard InChI is InChI=1S/C37H42ClN5O3S2/c1-41-35-31-12-13-33(38)32(35)20-26-9-5-6-15-43(26)39-14-17-47-22-25-19-27(42(2)40-25)23-48-28-18-24-8-3-4-10-29(24)34(21-28)46-16-7-11-30(31)36(41)37(44)45/h12-14,18-21H,3-11,15-17,22-23H2,1-2H3,(H,44,45)/b26-20+,39-14+. The molecule has 2 aromatic heterocycles. The van der Waals surface area contributed by atoms with Gasteiger partial charge < -0.3 is 14.4 Å². The van der Waals surface area contributed by atoms with Crippen LogP contribution in [0.3, 0.4) is 0 Å². The molecular weight excluding hydrogens is 662 g/mol. The number of aromatic nitrogens is 3. The van der Waals surface area contributed by atoms with Gasteiger partial charge in [-0.1, -0.05) is 17.7 Å². The van der Waals surface area contributed by atoms with Crippen molar-refractivity contribution in [1.82, 2.24) is 19.4 Å². The number of rotatable bonds is 1. The van der Waals surface area contributed by atoms with Crippen LogP contribution < -0.4 is 4.74 Å². The molecule has 8 bridgehead atoms. The normalized spacial score (nSPS) is 19.5. The summed E-state index contributed by atoms with van der Waals surface area (Å²) >= 11 is 10.5. The number of carboxylic acids is 1. The minimum atomic E-state index is -0.933. The molecule has 8 nitrogen and oxygen atoms in total. The van der Waals surface area contributed by atoms with E-state index in [1.165, 1.54) is 34.6 Å². The first-order chi connectivity index (χ1) is 23.4. The van der Waals surface area contributed by atoms with Crippen molar-refractivity contribution in [1.29, 1.82) is 0 Å². The van der Waals surface area contributed by atoms with Gasteiger partial charge in [0.2, 0.25) is 0 Å². The van der Waals surface area contributed by atoms with E-state index in [4.69, 9.17) is 26.5 Å². The molecule has 2 aliphatic heterocycles. The summed E-state index contributed by atoms with van der Waals surface area (Å²) in [5.74, 6) is 2.48. The van der Waals surface area contributed by atoms with E-state index in [1.54, 1.807) is 16.3 Å². The molecule has 0 saturated carbocycles. The van der Waals surface area contributed by atoms with Crippen molar-refractivity contribution < 1.29 is 14.6 Å². The van der Waals surface area contributed by atoms with Crippen LogP contribution in [0.2, 0.25) is 5.02 Å². The molecule has 1 saturated heterocycles. The van der Waals surface area contributed by atoms with E-state index in [9.17, 15) is 9.90 Å². The van der Waals surface area contributed by atoms with Gasteiger partial charge >= 0.3 is 5.97 Å². The van der Waals surface area contributed by atoms with Crippen molar-refractivity contribution >= 4 is 64.3 Å². The lowest BCUT2D eigenvalue weighted by Crippen LogP contribution is -2.23. The highest BCUT2D eigenvalue weighted by Gasteiger charge is 2.24. The zero-order valence-electron chi connectivity index (χ0n) is 27.6. The Bertz CT molecular complexity index is 1910. The Morgan fingerprint density at radius 3 is 2.69 bits per heavy atom. The summed E-state index contributed by atoms with van der Waals surface area (Å²) in [5, 5.41) is 23.7. The number of ether oxygens (including phenoxy) is 1. The average molecular weight is 704 g/mol. The second-order valence-corrected chi connectivity index (χ2v) is 15.3. The monoisotopic (exact) mass is 703 g/mol. The number of carboxylic acid groups (broad SMARTS) is 1. The Kier molecular flexibility index (Phi) is 10.1. The van der Waals surface area contributed by atoms with E-state index < -0.39 is 5.97 Å². The first-order valence-corrected chi connectivity index (χ1v) is 19.4. The summed E-state index contributed by atoms with van der Waals surface area (Å²) in [6.45, 7) is 1.35. The van der Waals surface area contributed by atoms with Gasteiger partial charge in [0.15, 0.2) is 0 Å². The minimum Gasteiger partial charge on any atom is -0.493 e. The molecule has 0 spiro atoms. The Balaban J connectivity index is 1.26. The number of benzene rings is 2. The maximum atomic E-state index is 12.7. The summed E-state index contributed by atoms with van der Waals surface area (Å²) in [6.07, 6.45) is 12.9. The number of carbonyl (C=O) groups is 1. The molecule has 48 heavy (non-hydrogen) atoms. The van der Waals surface area contributed by atoms with Crippen molar-refractivity contribution in [3.8, 4) is 5.75 Å². The Hall–Kier alpha value is -3.34. The van der Waals surface area contributed by atoms with Crippen LogP contribution in [-0.4, -0.2) is 55.6 Å². The van der Waals surface area contributed by atoms with Crippen LogP contribution in [0.25, 0.3) is 17.0 Å². The molecule has 0 atom stereocenters. The molecule has 1 fully saturated rings. The lowest BCUT2D eigenvalue weighted by Gasteiger charge is -2.27. The molecule has 4 heterocycles. The van der Waals surface area contributed by atoms with Crippen LogP contribution in [0.1, 0.15) is 82.7 Å². The molecule has 0 radical (unpaired) electrons. The predicted octanol–water partition coefficient (Wildman–Crippen LogP) is 8.51. The van der Waals surface area contributed by atoms with Crippen LogP contribution in [0.4, 0.5) is 0 Å². The fraction of sp³-hybridized carbons (Fsp3) is 0.432. The van der Waals surface area contributed by atoms with E-state index in [1.807, 2.05) is 48.9 Å². The number of piperidine rings is 1. The summed E-state index contributed by atoms with van der Waals surface area (Å²) in [6, 6.07) is 10.7. The van der Waals surface area contributed by atoms with Crippen molar-refractivity contribution in [3.05, 3.63) is 80.4 Å². The lowest BCUT2D eigenvalue weighted by molar-refractivity contribution is 0.0685. The Labute approximate surface area is 295 Å². The van der Waals surface area contributed by atoms with Gasteiger partial charge in [0.1, 0.15) is 11.4 Å². The SMILES string of the molecule is Cn1nc2cc1CSc1cc3c(c(c1)OCCCc1c(C(=O)O)n(C)c4c(c(Cl)ccc14)/C=C1\CCCCN1/N=C/CSC2)CCCC3. The maximum absolute atomic E-state index is 12.7. The van der Waals surface area contributed by atoms with Gasteiger partial charge in [-0.25, -0.2) is 4.79 Å². The number of aryl methyl sites for hydroxylation is 4. The zero-order valence-corrected chi connectivity index (χ0v) is 30.0. The van der Waals surface area contributed by atoms with Crippen molar-refractivity contribution in [2.24, 2.45) is 19.2 Å². The number of nitrogens with zero attached hydrogens (tertiary/aromatic N) is 5. The Morgan fingerprint density at radius 1 is 0.979 bits per heavy atom. The number of halogens is 1. The minimum absolute atomic E-state index is 0.307. The number of fused-ring (bicyclic) bond motifs is 7. The highest BCUT2D eigenvalue weighted by molar-refractivity contribution is 7.99. The third-order valence-corrected chi connectivity index (χ3v) is 11.9. The van der Waals surface area contributed by atoms with Gasteiger partial charge in [-0.05, 0) is 105 Å². The summed E-state index contributed by atoms with van der Waals surface area (Å²) in [4.78, 5) is 13.9. The largest absolute Gasteiger partial charge is 0.493 e. The summed E-state index contributed by atoms with van der Waals surface area (Å²) < 4.78 is 10.3. The van der Waals surface area contributed by atoms with Gasteiger partial charge in [-0.3, -0.25) is 9.69 Å². The molecule has 0 amide bonds. The second-order valence-electron chi connectivity index (χ2n) is 12.8. The molecule has 3 aliphatic rings. The molecule has 1 N–H and O–H groups in total. The van der Waals surface area contributed by atoms with E-state index >= 15 is 0 Å². The van der Waals surface area contributed by atoms with Crippen molar-refractivity contribution in [3.63, 3.8) is 0 Å². The average Bonchev–Trinajstić information content (AvgIpc) is 3.58. The van der Waals surface area contributed by atoms with Crippen LogP contribution in [0.15, 0.2) is 46.0 Å². The maximum Gasteiger partial charge on any atom is 0.352 e.